The normalized spacial score (nSPS) is 14.5. The molecule has 3 aromatic rings. The van der Waals surface area contributed by atoms with Crippen LogP contribution in [0.4, 0.5) is 11.4 Å². The average molecular weight is 348 g/mol. The summed E-state index contributed by atoms with van der Waals surface area (Å²) >= 11 is 0. The smallest absolute Gasteiger partial charge is 0.258 e. The van der Waals surface area contributed by atoms with Gasteiger partial charge in [0.15, 0.2) is 0 Å². The van der Waals surface area contributed by atoms with E-state index in [1.54, 1.807) is 0 Å². The van der Waals surface area contributed by atoms with E-state index in [2.05, 4.69) is 56.3 Å². The highest BCUT2D eigenvalue weighted by atomic mass is 16.5. The molecule has 1 aliphatic heterocycles. The summed E-state index contributed by atoms with van der Waals surface area (Å²) in [6.45, 7) is 2.29. The second-order valence-electron chi connectivity index (χ2n) is 6.96. The van der Waals surface area contributed by atoms with E-state index >= 15 is 0 Å². The number of hydrogen-bond donors (Lipinski definition) is 0. The van der Waals surface area contributed by atoms with E-state index in [0.717, 1.165) is 29.9 Å². The van der Waals surface area contributed by atoms with Gasteiger partial charge in [0, 0.05) is 49.7 Å². The Kier molecular flexibility index (Phi) is 4.61. The van der Waals surface area contributed by atoms with E-state index in [1.165, 1.54) is 24.9 Å². The Balaban J connectivity index is 1.55. The Bertz CT molecular complexity index is 864. The summed E-state index contributed by atoms with van der Waals surface area (Å²) in [5.41, 5.74) is 4.29. The number of anilines is 2. The first-order valence-corrected chi connectivity index (χ1v) is 9.17. The number of rotatable bonds is 4. The molecule has 1 saturated heterocycles. The van der Waals surface area contributed by atoms with Crippen LogP contribution in [-0.4, -0.2) is 37.3 Å². The third kappa shape index (κ3) is 3.43. The number of aromatic nitrogens is 2. The lowest BCUT2D eigenvalue weighted by atomic mass is 10.1. The van der Waals surface area contributed by atoms with Crippen LogP contribution in [0, 0.1) is 0 Å². The topological polar surface area (TPSA) is 45.4 Å². The number of benzene rings is 2. The van der Waals surface area contributed by atoms with E-state index in [9.17, 15) is 0 Å². The number of nitrogens with zero attached hydrogens (tertiary/aromatic N) is 4. The first kappa shape index (κ1) is 16.6. The summed E-state index contributed by atoms with van der Waals surface area (Å²) in [5, 5.41) is 4.17. The largest absolute Gasteiger partial charge is 0.378 e. The summed E-state index contributed by atoms with van der Waals surface area (Å²) < 4.78 is 5.50. The highest BCUT2D eigenvalue weighted by Crippen LogP contribution is 2.27. The minimum absolute atomic E-state index is 0.545. The van der Waals surface area contributed by atoms with Gasteiger partial charge in [-0.25, -0.2) is 0 Å². The van der Waals surface area contributed by atoms with Gasteiger partial charge in [-0.15, -0.1) is 0 Å². The standard InChI is InChI=1S/C21H24N4O/c1-24(2)19-8-6-7-17(15-19)21-22-20(23-26-21)16-9-11-18(12-10-16)25-13-4-3-5-14-25/h6-12,15H,3-5,13-14H2,1-2H3. The van der Waals surface area contributed by atoms with Crippen LogP contribution in [0.25, 0.3) is 22.8 Å². The second kappa shape index (κ2) is 7.20. The van der Waals surface area contributed by atoms with Gasteiger partial charge in [0.05, 0.1) is 0 Å². The van der Waals surface area contributed by atoms with Crippen LogP contribution in [0.1, 0.15) is 19.3 Å². The van der Waals surface area contributed by atoms with Crippen LogP contribution in [0.3, 0.4) is 0 Å². The maximum absolute atomic E-state index is 5.50. The van der Waals surface area contributed by atoms with Crippen molar-refractivity contribution in [3.8, 4) is 22.8 Å². The zero-order valence-corrected chi connectivity index (χ0v) is 15.4. The van der Waals surface area contributed by atoms with Gasteiger partial charge in [0.2, 0.25) is 5.82 Å². The van der Waals surface area contributed by atoms with Crippen molar-refractivity contribution in [2.45, 2.75) is 19.3 Å². The molecule has 0 radical (unpaired) electrons. The molecular formula is C21H24N4O. The highest BCUT2D eigenvalue weighted by molar-refractivity contribution is 5.65. The minimum atomic E-state index is 0.545. The van der Waals surface area contributed by atoms with Crippen LogP contribution in [0.2, 0.25) is 0 Å². The highest BCUT2D eigenvalue weighted by Gasteiger charge is 2.14. The summed E-state index contributed by atoms with van der Waals surface area (Å²) in [6.07, 6.45) is 3.90. The maximum Gasteiger partial charge on any atom is 0.258 e. The molecule has 0 atom stereocenters. The zero-order chi connectivity index (χ0) is 17.9. The molecule has 5 heteroatoms. The first-order chi connectivity index (χ1) is 12.7. The third-order valence-corrected chi connectivity index (χ3v) is 4.88. The van der Waals surface area contributed by atoms with Crippen molar-refractivity contribution in [2.75, 3.05) is 37.0 Å². The fourth-order valence-electron chi connectivity index (χ4n) is 3.35. The van der Waals surface area contributed by atoms with Crippen LogP contribution in [0.5, 0.6) is 0 Å². The molecule has 0 spiro atoms. The molecule has 4 rings (SSSR count). The van der Waals surface area contributed by atoms with Gasteiger partial charge >= 0.3 is 0 Å². The van der Waals surface area contributed by atoms with E-state index in [-0.39, 0.29) is 0 Å². The molecule has 0 saturated carbocycles. The van der Waals surface area contributed by atoms with Crippen molar-refractivity contribution in [3.63, 3.8) is 0 Å². The average Bonchev–Trinajstić information content (AvgIpc) is 3.19. The molecule has 0 bridgehead atoms. The fraction of sp³-hybridized carbons (Fsp3) is 0.333. The van der Waals surface area contributed by atoms with Crippen molar-refractivity contribution in [3.05, 3.63) is 48.5 Å². The number of piperidine rings is 1. The molecule has 0 N–H and O–H groups in total. The van der Waals surface area contributed by atoms with Crippen molar-refractivity contribution >= 4 is 11.4 Å². The van der Waals surface area contributed by atoms with Crippen LogP contribution in [0.15, 0.2) is 53.1 Å². The first-order valence-electron chi connectivity index (χ1n) is 9.17. The van der Waals surface area contributed by atoms with Crippen LogP contribution < -0.4 is 9.80 Å². The lowest BCUT2D eigenvalue weighted by Crippen LogP contribution is -2.29. The minimum Gasteiger partial charge on any atom is -0.378 e. The Morgan fingerprint density at radius 1 is 0.923 bits per heavy atom. The molecule has 2 aromatic carbocycles. The maximum atomic E-state index is 5.50. The molecule has 5 nitrogen and oxygen atoms in total. The molecule has 1 aromatic heterocycles. The van der Waals surface area contributed by atoms with Gasteiger partial charge in [-0.3, -0.25) is 0 Å². The molecule has 0 amide bonds. The Morgan fingerprint density at radius 2 is 1.69 bits per heavy atom. The van der Waals surface area contributed by atoms with E-state index in [4.69, 9.17) is 4.52 Å². The molecule has 0 aliphatic carbocycles. The Labute approximate surface area is 154 Å². The zero-order valence-electron chi connectivity index (χ0n) is 15.4. The van der Waals surface area contributed by atoms with Gasteiger partial charge in [-0.1, -0.05) is 11.2 Å². The van der Waals surface area contributed by atoms with Crippen molar-refractivity contribution in [2.24, 2.45) is 0 Å². The Morgan fingerprint density at radius 3 is 2.42 bits per heavy atom. The third-order valence-electron chi connectivity index (χ3n) is 4.88. The fourth-order valence-corrected chi connectivity index (χ4v) is 3.35. The van der Waals surface area contributed by atoms with E-state index < -0.39 is 0 Å². The molecular weight excluding hydrogens is 324 g/mol. The van der Waals surface area contributed by atoms with Crippen LogP contribution >= 0.6 is 0 Å². The van der Waals surface area contributed by atoms with Gasteiger partial charge in [-0.05, 0) is 61.7 Å². The van der Waals surface area contributed by atoms with Gasteiger partial charge in [-0.2, -0.15) is 4.98 Å². The van der Waals surface area contributed by atoms with Gasteiger partial charge < -0.3 is 14.3 Å². The van der Waals surface area contributed by atoms with E-state index in [1.807, 2.05) is 26.2 Å². The van der Waals surface area contributed by atoms with Gasteiger partial charge in [0.1, 0.15) is 0 Å². The second-order valence-corrected chi connectivity index (χ2v) is 6.96. The summed E-state index contributed by atoms with van der Waals surface area (Å²) in [7, 11) is 4.03. The predicted molar refractivity (Wildman–Crippen MR) is 106 cm³/mol. The Hall–Kier alpha value is -2.82. The summed E-state index contributed by atoms with van der Waals surface area (Å²) in [6, 6.07) is 16.6. The van der Waals surface area contributed by atoms with E-state index in [0.29, 0.717) is 11.7 Å². The van der Waals surface area contributed by atoms with Crippen molar-refractivity contribution < 1.29 is 4.52 Å². The molecule has 134 valence electrons. The van der Waals surface area contributed by atoms with Crippen LogP contribution in [-0.2, 0) is 0 Å². The molecule has 2 heterocycles. The lowest BCUT2D eigenvalue weighted by Gasteiger charge is -2.28. The summed E-state index contributed by atoms with van der Waals surface area (Å²) in [5.74, 6) is 1.17. The quantitative estimate of drug-likeness (QED) is 0.696. The molecule has 0 unspecified atom stereocenters. The van der Waals surface area contributed by atoms with Crippen molar-refractivity contribution in [1.82, 2.24) is 10.1 Å². The van der Waals surface area contributed by atoms with Gasteiger partial charge in [0.25, 0.3) is 5.89 Å². The monoisotopic (exact) mass is 348 g/mol. The number of hydrogen-bond acceptors (Lipinski definition) is 5. The SMILES string of the molecule is CN(C)c1cccc(-c2nc(-c3ccc(N4CCCCC4)cc3)no2)c1. The molecule has 1 aliphatic rings. The summed E-state index contributed by atoms with van der Waals surface area (Å²) in [4.78, 5) is 9.09. The van der Waals surface area contributed by atoms with Crippen molar-refractivity contribution in [1.29, 1.82) is 0 Å². The lowest BCUT2D eigenvalue weighted by molar-refractivity contribution is 0.432. The predicted octanol–water partition coefficient (Wildman–Crippen LogP) is 4.46. The molecule has 26 heavy (non-hydrogen) atoms. The molecule has 1 fully saturated rings.